The number of pyridine rings is 2. The van der Waals surface area contributed by atoms with E-state index in [2.05, 4.69) is 122 Å². The topological polar surface area (TPSA) is 39.4 Å². The van der Waals surface area contributed by atoms with E-state index < -0.39 is 0 Å². The summed E-state index contributed by atoms with van der Waals surface area (Å²) in [5.41, 5.74) is 6.83. The first-order valence-corrected chi connectivity index (χ1v) is 14.2. The quantitative estimate of drug-likeness (QED) is 0.134. The van der Waals surface area contributed by atoms with Gasteiger partial charge in [0.1, 0.15) is 0 Å². The van der Waals surface area contributed by atoms with Crippen LogP contribution < -0.4 is 4.74 Å². The summed E-state index contributed by atoms with van der Waals surface area (Å²) in [6, 6.07) is 42.5. The summed E-state index contributed by atoms with van der Waals surface area (Å²) >= 11 is 0. The minimum absolute atomic E-state index is 0. The van der Waals surface area contributed by atoms with Crippen LogP contribution >= 0.6 is 0 Å². The van der Waals surface area contributed by atoms with Gasteiger partial charge in [0.15, 0.2) is 0 Å². The summed E-state index contributed by atoms with van der Waals surface area (Å²) in [6.45, 7) is 6.62. The maximum Gasteiger partial charge on any atom is 2.00 e. The Kier molecular flexibility index (Phi) is 6.56. The molecule has 210 valence electrons. The number of hydrogen-bond donors (Lipinski definition) is 0. The predicted molar refractivity (Wildman–Crippen MR) is 171 cm³/mol. The van der Waals surface area contributed by atoms with Crippen molar-refractivity contribution in [1.82, 2.24) is 14.4 Å². The third-order valence-corrected chi connectivity index (χ3v) is 7.98. The van der Waals surface area contributed by atoms with Gasteiger partial charge < -0.3 is 14.1 Å². The fraction of sp³-hybridized carbons (Fsp3) is 0.105. The van der Waals surface area contributed by atoms with Crippen molar-refractivity contribution in [2.24, 2.45) is 0 Å². The molecule has 0 atom stereocenters. The molecule has 0 aliphatic rings. The van der Waals surface area contributed by atoms with Gasteiger partial charge in [0.05, 0.1) is 16.7 Å². The van der Waals surface area contributed by atoms with Crippen molar-refractivity contribution in [2.75, 3.05) is 0 Å². The molecule has 0 bridgehead atoms. The smallest absolute Gasteiger partial charge is 0.497 e. The second-order valence-corrected chi connectivity index (χ2v) is 11.8. The van der Waals surface area contributed by atoms with Gasteiger partial charge in [-0.05, 0) is 45.5 Å². The average Bonchev–Trinajstić information content (AvgIpc) is 3.41. The molecule has 3 heterocycles. The van der Waals surface area contributed by atoms with Gasteiger partial charge in [0, 0.05) is 23.2 Å². The Hall–Kier alpha value is -4.53. The summed E-state index contributed by atoms with van der Waals surface area (Å²) in [5, 5.41) is 5.42. The molecule has 5 heteroatoms. The molecule has 0 N–H and O–H groups in total. The van der Waals surface area contributed by atoms with E-state index in [-0.39, 0.29) is 26.5 Å². The van der Waals surface area contributed by atoms with E-state index in [1.54, 1.807) is 0 Å². The second kappa shape index (κ2) is 10.3. The number of nitrogens with zero attached hydrogens (tertiary/aromatic N) is 3. The van der Waals surface area contributed by atoms with Crippen molar-refractivity contribution in [1.29, 1.82) is 0 Å². The number of ether oxygens (including phenoxy) is 1. The Morgan fingerprint density at radius 1 is 0.698 bits per heavy atom. The molecule has 0 aliphatic heterocycles. The Balaban J connectivity index is 0.00000300. The number of rotatable bonds is 3. The Morgan fingerprint density at radius 2 is 1.44 bits per heavy atom. The molecule has 8 aromatic rings. The maximum atomic E-state index is 6.53. The summed E-state index contributed by atoms with van der Waals surface area (Å²) in [4.78, 5) is 9.79. The molecule has 0 radical (unpaired) electrons. The first-order chi connectivity index (χ1) is 20.4. The number of aromatic nitrogens is 3. The number of hydrogen-bond acceptors (Lipinski definition) is 3. The molecule has 8 rings (SSSR count). The zero-order valence-corrected chi connectivity index (χ0v) is 26.2. The number of imidazole rings is 1. The van der Waals surface area contributed by atoms with E-state index in [0.29, 0.717) is 11.5 Å². The molecule has 43 heavy (non-hydrogen) atoms. The normalized spacial score (nSPS) is 11.9. The van der Waals surface area contributed by atoms with Crippen molar-refractivity contribution in [3.63, 3.8) is 0 Å². The van der Waals surface area contributed by atoms with Crippen LogP contribution in [0.25, 0.3) is 60.4 Å². The number of fused-ring (bicyclic) bond motifs is 9. The van der Waals surface area contributed by atoms with Crippen LogP contribution in [0.2, 0.25) is 0 Å². The summed E-state index contributed by atoms with van der Waals surface area (Å²) in [6.07, 6.45) is 1.92. The molecule has 0 saturated heterocycles. The molecule has 0 fully saturated rings. The van der Waals surface area contributed by atoms with E-state index in [1.165, 1.54) is 0 Å². The van der Waals surface area contributed by atoms with Crippen LogP contribution in [0.15, 0.2) is 109 Å². The zero-order valence-electron chi connectivity index (χ0n) is 24.0. The monoisotopic (exact) mass is 736 g/mol. The van der Waals surface area contributed by atoms with E-state index in [0.717, 1.165) is 65.9 Å². The van der Waals surface area contributed by atoms with Crippen molar-refractivity contribution in [2.45, 2.75) is 26.2 Å². The zero-order chi connectivity index (χ0) is 28.4. The van der Waals surface area contributed by atoms with Gasteiger partial charge in [-0.1, -0.05) is 116 Å². The standard InChI is InChI=1S/C38H27N3O.Pt/c1-38(2,3)27-18-26(34-20-24-10-4-5-11-25(24)23-39-34)19-29(21-27)42-28-16-17-30-31-12-6-8-14-35(31)41-36-15-9-7-13-33(36)40-37(41)32(30)22-28;/h4-18,20-21,23H,1-3H3;/q-2;+2. The Bertz CT molecular complexity index is 2330. The van der Waals surface area contributed by atoms with Crippen LogP contribution in [0.1, 0.15) is 26.3 Å². The van der Waals surface area contributed by atoms with Crippen LogP contribution in [-0.2, 0) is 26.5 Å². The molecule has 0 unspecified atom stereocenters. The molecule has 0 amide bonds. The Labute approximate surface area is 264 Å². The van der Waals surface area contributed by atoms with E-state index in [9.17, 15) is 0 Å². The minimum atomic E-state index is -0.0903. The molecule has 0 spiro atoms. The fourth-order valence-corrected chi connectivity index (χ4v) is 5.79. The number of benzene rings is 5. The second-order valence-electron chi connectivity index (χ2n) is 11.8. The largest absolute Gasteiger partial charge is 2.00 e. The van der Waals surface area contributed by atoms with E-state index >= 15 is 0 Å². The first-order valence-electron chi connectivity index (χ1n) is 14.2. The van der Waals surface area contributed by atoms with Gasteiger partial charge in [-0.2, -0.15) is 0 Å². The van der Waals surface area contributed by atoms with Gasteiger partial charge in [0.2, 0.25) is 0 Å². The van der Waals surface area contributed by atoms with E-state index in [1.807, 2.05) is 24.4 Å². The molecule has 3 aromatic heterocycles. The average molecular weight is 737 g/mol. The van der Waals surface area contributed by atoms with Crippen molar-refractivity contribution in [3.05, 3.63) is 127 Å². The molecule has 5 aromatic carbocycles. The summed E-state index contributed by atoms with van der Waals surface area (Å²) in [7, 11) is 0. The van der Waals surface area contributed by atoms with Gasteiger partial charge in [-0.3, -0.25) is 4.98 Å². The van der Waals surface area contributed by atoms with Gasteiger partial charge in [0.25, 0.3) is 0 Å². The summed E-state index contributed by atoms with van der Waals surface area (Å²) < 4.78 is 8.76. The van der Waals surface area contributed by atoms with Crippen LogP contribution in [0.5, 0.6) is 11.5 Å². The molecular formula is C38H27N3OPt. The molecule has 0 saturated carbocycles. The third-order valence-electron chi connectivity index (χ3n) is 7.98. The van der Waals surface area contributed by atoms with Crippen LogP contribution in [0, 0.1) is 12.1 Å². The molecule has 4 nitrogen and oxygen atoms in total. The summed E-state index contributed by atoms with van der Waals surface area (Å²) in [5.74, 6) is 1.25. The van der Waals surface area contributed by atoms with Crippen molar-refractivity contribution >= 4 is 49.1 Å². The van der Waals surface area contributed by atoms with E-state index in [4.69, 9.17) is 14.7 Å². The predicted octanol–water partition coefficient (Wildman–Crippen LogP) is 9.70. The van der Waals surface area contributed by atoms with Gasteiger partial charge in [-0.25, -0.2) is 0 Å². The first kappa shape index (κ1) is 27.3. The molecule has 0 aliphatic carbocycles. The third kappa shape index (κ3) is 4.67. The van der Waals surface area contributed by atoms with Crippen molar-refractivity contribution < 1.29 is 25.8 Å². The fourth-order valence-electron chi connectivity index (χ4n) is 5.79. The number of para-hydroxylation sites is 3. The SMILES string of the molecule is CC(C)(C)c1cc(Oc2[c-]c3c(cc2)c2ccccc2n2c4ccccc4nc32)[c-]c(-c2cc3ccccc3cn2)c1.[Pt+2]. The Morgan fingerprint density at radius 3 is 2.28 bits per heavy atom. The maximum absolute atomic E-state index is 6.53. The van der Waals surface area contributed by atoms with Gasteiger partial charge >= 0.3 is 21.1 Å². The molecular weight excluding hydrogens is 710 g/mol. The van der Waals surface area contributed by atoms with Crippen molar-refractivity contribution in [3.8, 4) is 22.8 Å². The van der Waals surface area contributed by atoms with Crippen LogP contribution in [0.4, 0.5) is 0 Å². The van der Waals surface area contributed by atoms with Crippen LogP contribution in [-0.4, -0.2) is 14.4 Å². The minimum Gasteiger partial charge on any atom is -0.497 e. The van der Waals surface area contributed by atoms with Gasteiger partial charge in [-0.15, -0.1) is 23.3 Å². The van der Waals surface area contributed by atoms with Crippen LogP contribution in [0.3, 0.4) is 0 Å².